The van der Waals surface area contributed by atoms with E-state index in [1.165, 1.54) is 0 Å². The van der Waals surface area contributed by atoms with Gasteiger partial charge in [0.15, 0.2) is 5.82 Å². The van der Waals surface area contributed by atoms with E-state index in [2.05, 4.69) is 10.4 Å². The normalized spacial score (nSPS) is 16.4. The number of hydrogen-bond donors (Lipinski definition) is 1. The van der Waals surface area contributed by atoms with Crippen molar-refractivity contribution >= 4 is 29.2 Å². The topological polar surface area (TPSA) is 67.2 Å². The van der Waals surface area contributed by atoms with E-state index in [0.717, 1.165) is 18.5 Å². The number of amides is 2. The maximum absolute atomic E-state index is 12.7. The molecule has 148 valence electrons. The number of nitrogens with zero attached hydrogens (tertiary/aromatic N) is 3. The first kappa shape index (κ1) is 19.2. The van der Waals surface area contributed by atoms with Crippen LogP contribution in [0.3, 0.4) is 0 Å². The van der Waals surface area contributed by atoms with E-state index in [0.29, 0.717) is 29.5 Å². The molecule has 0 radical (unpaired) electrons. The van der Waals surface area contributed by atoms with Crippen molar-refractivity contribution < 1.29 is 9.59 Å². The molecule has 3 aromatic rings. The Labute approximate surface area is 174 Å². The van der Waals surface area contributed by atoms with Gasteiger partial charge in [-0.05, 0) is 49.2 Å². The Bertz CT molecular complexity index is 1000. The fraction of sp³-hybridized carbons (Fsp3) is 0.227. The standard InChI is InChI=1S/C22H21ClN4O2/c23-18-10-8-16(9-11-18)22(29)26-13-4-5-17(15-26)21(28)24-20-12-14-27(25-20)19-6-2-1-3-7-19/h1-3,6-12,14,17H,4-5,13,15H2,(H,24,25,28). The van der Waals surface area contributed by atoms with Crippen LogP contribution in [0.25, 0.3) is 5.69 Å². The minimum Gasteiger partial charge on any atom is -0.338 e. The predicted molar refractivity (Wildman–Crippen MR) is 112 cm³/mol. The smallest absolute Gasteiger partial charge is 0.253 e. The molecular weight excluding hydrogens is 388 g/mol. The number of aromatic nitrogens is 2. The number of carbonyl (C=O) groups excluding carboxylic acids is 2. The highest BCUT2D eigenvalue weighted by Crippen LogP contribution is 2.21. The Morgan fingerprint density at radius 3 is 2.55 bits per heavy atom. The third-order valence-corrected chi connectivity index (χ3v) is 5.28. The molecule has 2 heterocycles. The Balaban J connectivity index is 1.39. The van der Waals surface area contributed by atoms with Crippen molar-refractivity contribution in [1.82, 2.24) is 14.7 Å². The summed E-state index contributed by atoms with van der Waals surface area (Å²) in [5.74, 6) is 0.0475. The van der Waals surface area contributed by atoms with E-state index >= 15 is 0 Å². The van der Waals surface area contributed by atoms with Crippen molar-refractivity contribution in [3.05, 3.63) is 77.4 Å². The molecule has 0 bridgehead atoms. The Morgan fingerprint density at radius 2 is 1.79 bits per heavy atom. The summed E-state index contributed by atoms with van der Waals surface area (Å²) in [6, 6.07) is 18.3. The van der Waals surface area contributed by atoms with Crippen molar-refractivity contribution in [3.8, 4) is 5.69 Å². The number of hydrogen-bond acceptors (Lipinski definition) is 3. The van der Waals surface area contributed by atoms with Crippen LogP contribution in [0.15, 0.2) is 66.9 Å². The van der Waals surface area contributed by atoms with Gasteiger partial charge in [0.25, 0.3) is 5.91 Å². The summed E-state index contributed by atoms with van der Waals surface area (Å²) in [7, 11) is 0. The second kappa shape index (κ2) is 8.49. The molecule has 1 aliphatic heterocycles. The van der Waals surface area contributed by atoms with Gasteiger partial charge in [0, 0.05) is 35.9 Å². The van der Waals surface area contributed by atoms with Crippen LogP contribution in [0.2, 0.25) is 5.02 Å². The number of carbonyl (C=O) groups is 2. The zero-order valence-corrected chi connectivity index (χ0v) is 16.5. The molecule has 29 heavy (non-hydrogen) atoms. The average Bonchev–Trinajstić information content (AvgIpc) is 3.23. The molecule has 7 heteroatoms. The van der Waals surface area contributed by atoms with E-state index in [1.54, 1.807) is 39.9 Å². The van der Waals surface area contributed by atoms with Crippen LogP contribution in [-0.2, 0) is 4.79 Å². The first-order valence-electron chi connectivity index (χ1n) is 9.57. The SMILES string of the molecule is O=C(Nc1ccn(-c2ccccc2)n1)C1CCCN(C(=O)c2ccc(Cl)cc2)C1. The number of halogens is 1. The molecule has 1 atom stereocenters. The largest absolute Gasteiger partial charge is 0.338 e. The van der Waals surface area contributed by atoms with Gasteiger partial charge >= 0.3 is 0 Å². The monoisotopic (exact) mass is 408 g/mol. The van der Waals surface area contributed by atoms with E-state index in [9.17, 15) is 9.59 Å². The van der Waals surface area contributed by atoms with Gasteiger partial charge in [-0.3, -0.25) is 9.59 Å². The van der Waals surface area contributed by atoms with Crippen LogP contribution in [0, 0.1) is 5.92 Å². The molecule has 1 saturated heterocycles. The highest BCUT2D eigenvalue weighted by atomic mass is 35.5. The Kier molecular flexibility index (Phi) is 5.62. The highest BCUT2D eigenvalue weighted by Gasteiger charge is 2.29. The molecule has 1 aliphatic rings. The van der Waals surface area contributed by atoms with Gasteiger partial charge in [-0.2, -0.15) is 5.10 Å². The molecule has 0 saturated carbocycles. The van der Waals surface area contributed by atoms with E-state index in [1.807, 2.05) is 36.5 Å². The Morgan fingerprint density at radius 1 is 1.03 bits per heavy atom. The van der Waals surface area contributed by atoms with Crippen LogP contribution in [0.5, 0.6) is 0 Å². The summed E-state index contributed by atoms with van der Waals surface area (Å²) in [4.78, 5) is 27.2. The van der Waals surface area contributed by atoms with E-state index in [-0.39, 0.29) is 17.7 Å². The van der Waals surface area contributed by atoms with Gasteiger partial charge < -0.3 is 10.2 Å². The lowest BCUT2D eigenvalue weighted by molar-refractivity contribution is -0.121. The first-order valence-corrected chi connectivity index (χ1v) is 9.95. The fourth-order valence-corrected chi connectivity index (χ4v) is 3.62. The van der Waals surface area contributed by atoms with Gasteiger partial charge in [-0.1, -0.05) is 29.8 Å². The molecule has 6 nitrogen and oxygen atoms in total. The van der Waals surface area contributed by atoms with Gasteiger partial charge in [0.05, 0.1) is 11.6 Å². The molecule has 4 rings (SSSR count). The lowest BCUT2D eigenvalue weighted by Gasteiger charge is -2.32. The Hall–Kier alpha value is -3.12. The number of likely N-dealkylation sites (tertiary alicyclic amines) is 1. The number of para-hydroxylation sites is 1. The molecule has 2 amide bonds. The van der Waals surface area contributed by atoms with Gasteiger partial charge in [-0.15, -0.1) is 0 Å². The first-order chi connectivity index (χ1) is 14.1. The van der Waals surface area contributed by atoms with Crippen molar-refractivity contribution in [1.29, 1.82) is 0 Å². The fourth-order valence-electron chi connectivity index (χ4n) is 3.49. The second-order valence-corrected chi connectivity index (χ2v) is 7.50. The molecule has 2 aromatic carbocycles. The highest BCUT2D eigenvalue weighted by molar-refractivity contribution is 6.30. The number of piperidine rings is 1. The zero-order valence-electron chi connectivity index (χ0n) is 15.8. The van der Waals surface area contributed by atoms with E-state index in [4.69, 9.17) is 11.6 Å². The molecule has 0 aliphatic carbocycles. The summed E-state index contributed by atoms with van der Waals surface area (Å²) in [5, 5.41) is 7.89. The van der Waals surface area contributed by atoms with Crippen molar-refractivity contribution in [2.75, 3.05) is 18.4 Å². The lowest BCUT2D eigenvalue weighted by atomic mass is 9.96. The predicted octanol–water partition coefficient (Wildman–Crippen LogP) is 4.02. The number of nitrogens with one attached hydrogen (secondary N) is 1. The second-order valence-electron chi connectivity index (χ2n) is 7.07. The van der Waals surface area contributed by atoms with Crippen LogP contribution in [0.4, 0.5) is 5.82 Å². The quantitative estimate of drug-likeness (QED) is 0.709. The number of anilines is 1. The molecule has 1 N–H and O–H groups in total. The van der Waals surface area contributed by atoms with Crippen LogP contribution in [0.1, 0.15) is 23.2 Å². The third kappa shape index (κ3) is 4.49. The van der Waals surface area contributed by atoms with Gasteiger partial charge in [0.1, 0.15) is 0 Å². The van der Waals surface area contributed by atoms with Crippen molar-refractivity contribution in [2.24, 2.45) is 5.92 Å². The minimum atomic E-state index is -0.262. The average molecular weight is 409 g/mol. The molecule has 0 spiro atoms. The summed E-state index contributed by atoms with van der Waals surface area (Å²) >= 11 is 5.90. The van der Waals surface area contributed by atoms with Gasteiger partial charge in [0.2, 0.25) is 5.91 Å². The molecule has 1 aromatic heterocycles. The number of rotatable bonds is 4. The van der Waals surface area contributed by atoms with Crippen molar-refractivity contribution in [2.45, 2.75) is 12.8 Å². The summed E-state index contributed by atoms with van der Waals surface area (Å²) in [6.07, 6.45) is 3.34. The molecule has 1 unspecified atom stereocenters. The minimum absolute atomic E-state index is 0.0764. The summed E-state index contributed by atoms with van der Waals surface area (Å²) in [6.45, 7) is 1.04. The van der Waals surface area contributed by atoms with E-state index < -0.39 is 0 Å². The maximum Gasteiger partial charge on any atom is 0.253 e. The summed E-state index contributed by atoms with van der Waals surface area (Å²) in [5.41, 5.74) is 1.50. The van der Waals surface area contributed by atoms with Crippen LogP contribution in [-0.4, -0.2) is 39.6 Å². The molecular formula is C22H21ClN4O2. The zero-order chi connectivity index (χ0) is 20.2. The van der Waals surface area contributed by atoms with Gasteiger partial charge in [-0.25, -0.2) is 4.68 Å². The van der Waals surface area contributed by atoms with Crippen LogP contribution >= 0.6 is 11.6 Å². The van der Waals surface area contributed by atoms with Crippen LogP contribution < -0.4 is 5.32 Å². The summed E-state index contributed by atoms with van der Waals surface area (Å²) < 4.78 is 1.72. The number of benzene rings is 2. The molecule has 1 fully saturated rings. The lowest BCUT2D eigenvalue weighted by Crippen LogP contribution is -2.43. The third-order valence-electron chi connectivity index (χ3n) is 5.03. The van der Waals surface area contributed by atoms with Crippen molar-refractivity contribution in [3.63, 3.8) is 0 Å². The maximum atomic E-state index is 12.7.